The molecule has 77 valence electrons. The molecule has 1 radical (unpaired) electrons. The topological polar surface area (TPSA) is 5.90 Å². The van der Waals surface area contributed by atoms with Crippen molar-refractivity contribution >= 4 is 5.69 Å². The van der Waals surface area contributed by atoms with Gasteiger partial charge in [-0.05, 0) is 6.42 Å². The van der Waals surface area contributed by atoms with Crippen LogP contribution >= 0.6 is 0 Å². The third-order valence-corrected chi connectivity index (χ3v) is 2.24. The monoisotopic (exact) mass is 195 g/mol. The predicted molar refractivity (Wildman–Crippen MR) is 58.4 cm³/mol. The van der Waals surface area contributed by atoms with E-state index in [0.29, 0.717) is 12.2 Å². The molecule has 0 aromatic heterocycles. The van der Waals surface area contributed by atoms with Crippen LogP contribution in [0.1, 0.15) is 32.6 Å². The summed E-state index contributed by atoms with van der Waals surface area (Å²) in [4.78, 5) is 0. The van der Waals surface area contributed by atoms with Gasteiger partial charge in [-0.25, -0.2) is 0 Å². The number of para-hydroxylation sites is 1. The van der Waals surface area contributed by atoms with Gasteiger partial charge in [-0.15, -0.1) is 0 Å². The summed E-state index contributed by atoms with van der Waals surface area (Å²) in [5.41, 5.74) is 0.656. The number of halogens is 1. The zero-order chi connectivity index (χ0) is 10.2. The molecule has 0 saturated heterocycles. The van der Waals surface area contributed by atoms with E-state index in [1.807, 2.05) is 18.2 Å². The first-order valence-electron chi connectivity index (χ1n) is 5.33. The minimum absolute atomic E-state index is 0.504. The molecule has 1 rings (SSSR count). The van der Waals surface area contributed by atoms with Crippen molar-refractivity contribution in [3.05, 3.63) is 30.3 Å². The summed E-state index contributed by atoms with van der Waals surface area (Å²) in [6.07, 6.45) is 4.43. The summed E-state index contributed by atoms with van der Waals surface area (Å²) < 4.78 is 13.4. The Morgan fingerprint density at radius 1 is 1.07 bits per heavy atom. The molecule has 0 fully saturated rings. The fraction of sp³-hybridized carbons (Fsp3) is 0.500. The van der Waals surface area contributed by atoms with Crippen LogP contribution < -0.4 is 5.12 Å². The highest BCUT2D eigenvalue weighted by Gasteiger charge is 2.17. The summed E-state index contributed by atoms with van der Waals surface area (Å²) in [5.74, 6) is 0. The van der Waals surface area contributed by atoms with Crippen LogP contribution in [0.25, 0.3) is 0 Å². The summed E-state index contributed by atoms with van der Waals surface area (Å²) >= 11 is 0. The van der Waals surface area contributed by atoms with Crippen molar-refractivity contribution < 1.29 is 4.48 Å². The first-order chi connectivity index (χ1) is 6.84. The minimum atomic E-state index is 0.504. The number of nitrogens with zero attached hydrogens (tertiary/aromatic N) is 1. The van der Waals surface area contributed by atoms with Crippen molar-refractivity contribution in [3.8, 4) is 0 Å². The molecule has 0 unspecified atom stereocenters. The molecule has 14 heavy (non-hydrogen) atoms. The van der Waals surface area contributed by atoms with Crippen molar-refractivity contribution in [1.29, 1.82) is 0 Å². The third kappa shape index (κ3) is 3.88. The zero-order valence-electron chi connectivity index (χ0n) is 8.75. The van der Waals surface area contributed by atoms with E-state index in [-0.39, 0.29) is 0 Å². The Morgan fingerprint density at radius 2 is 1.79 bits per heavy atom. The SMILES string of the molecule is CCCCCC[N+](F)c1ccccc1. The second-order valence-electron chi connectivity index (χ2n) is 3.48. The normalized spacial score (nSPS) is 10.8. The number of unbranched alkanes of at least 4 members (excludes halogenated alkanes) is 3. The van der Waals surface area contributed by atoms with Gasteiger partial charge in [0.25, 0.3) is 0 Å². The van der Waals surface area contributed by atoms with E-state index in [9.17, 15) is 4.48 Å². The van der Waals surface area contributed by atoms with Crippen LogP contribution in [0, 0.1) is 0 Å². The van der Waals surface area contributed by atoms with Crippen LogP contribution in [-0.2, 0) is 0 Å². The fourth-order valence-corrected chi connectivity index (χ4v) is 1.40. The number of rotatable bonds is 6. The van der Waals surface area contributed by atoms with Gasteiger partial charge in [-0.3, -0.25) is 0 Å². The number of benzene rings is 1. The minimum Gasteiger partial charge on any atom is -0.0654 e. The van der Waals surface area contributed by atoms with Gasteiger partial charge in [0.05, 0.1) is 9.60 Å². The van der Waals surface area contributed by atoms with Crippen molar-refractivity contribution in [3.63, 3.8) is 0 Å². The van der Waals surface area contributed by atoms with Crippen molar-refractivity contribution in [2.75, 3.05) is 6.54 Å². The Labute approximate surface area is 85.5 Å². The lowest BCUT2D eigenvalue weighted by atomic mass is 10.2. The van der Waals surface area contributed by atoms with E-state index in [4.69, 9.17) is 0 Å². The molecule has 0 aliphatic heterocycles. The Kier molecular flexibility index (Phi) is 5.23. The quantitative estimate of drug-likeness (QED) is 0.479. The molecule has 0 atom stereocenters. The molecule has 2 heteroatoms. The Hall–Kier alpha value is -0.890. The van der Waals surface area contributed by atoms with E-state index in [1.54, 1.807) is 12.1 Å². The fourth-order valence-electron chi connectivity index (χ4n) is 1.40. The zero-order valence-corrected chi connectivity index (χ0v) is 8.75. The van der Waals surface area contributed by atoms with Crippen LogP contribution in [0.4, 0.5) is 10.2 Å². The molecule has 1 aromatic carbocycles. The molecule has 0 aliphatic carbocycles. The second-order valence-corrected chi connectivity index (χ2v) is 3.48. The largest absolute Gasteiger partial charge is 0.226 e. The standard InChI is InChI=1S/C12H18FN/c1-2-3-4-8-11-14(13)12-9-6-5-7-10-12/h5-7,9-10H,2-4,8,11H2,1H3/q+1. The number of anilines is 1. The van der Waals surface area contributed by atoms with E-state index in [1.165, 1.54) is 12.8 Å². The molecule has 0 heterocycles. The maximum absolute atomic E-state index is 13.4. The second kappa shape index (κ2) is 6.55. The van der Waals surface area contributed by atoms with Crippen LogP contribution in [0.3, 0.4) is 0 Å². The Bertz CT molecular complexity index is 235. The highest BCUT2D eigenvalue weighted by molar-refractivity contribution is 5.36. The van der Waals surface area contributed by atoms with Gasteiger partial charge < -0.3 is 0 Å². The van der Waals surface area contributed by atoms with Crippen molar-refractivity contribution in [2.45, 2.75) is 32.6 Å². The lowest BCUT2D eigenvalue weighted by Crippen LogP contribution is -2.14. The molecule has 1 aromatic rings. The molecule has 1 nitrogen and oxygen atoms in total. The van der Waals surface area contributed by atoms with Crippen LogP contribution in [0.15, 0.2) is 30.3 Å². The Balaban J connectivity index is 2.25. The van der Waals surface area contributed by atoms with Gasteiger partial charge in [0, 0.05) is 18.6 Å². The van der Waals surface area contributed by atoms with Gasteiger partial charge in [-0.1, -0.05) is 38.0 Å². The predicted octanol–water partition coefficient (Wildman–Crippen LogP) is 3.92. The highest BCUT2D eigenvalue weighted by Crippen LogP contribution is 2.13. The maximum atomic E-state index is 13.4. The van der Waals surface area contributed by atoms with Crippen LogP contribution in [-0.4, -0.2) is 6.54 Å². The van der Waals surface area contributed by atoms with Crippen molar-refractivity contribution in [1.82, 2.24) is 5.12 Å². The van der Waals surface area contributed by atoms with Gasteiger partial charge in [-0.2, -0.15) is 0 Å². The van der Waals surface area contributed by atoms with E-state index in [0.717, 1.165) is 18.0 Å². The third-order valence-electron chi connectivity index (χ3n) is 2.24. The molecule has 0 aliphatic rings. The number of hydrogen-bond acceptors (Lipinski definition) is 1. The highest BCUT2D eigenvalue weighted by atomic mass is 19.2. The van der Waals surface area contributed by atoms with Gasteiger partial charge >= 0.3 is 0 Å². The molecular weight excluding hydrogens is 177 g/mol. The van der Waals surface area contributed by atoms with Gasteiger partial charge in [0.15, 0.2) is 6.54 Å². The van der Waals surface area contributed by atoms with Gasteiger partial charge in [0.2, 0.25) is 5.69 Å². The van der Waals surface area contributed by atoms with Crippen molar-refractivity contribution in [2.24, 2.45) is 0 Å². The molecule has 0 saturated carbocycles. The van der Waals surface area contributed by atoms with Gasteiger partial charge in [0.1, 0.15) is 0 Å². The average Bonchev–Trinajstić information content (AvgIpc) is 2.25. The first kappa shape index (κ1) is 11.2. The van der Waals surface area contributed by atoms with E-state index < -0.39 is 0 Å². The average molecular weight is 195 g/mol. The smallest absolute Gasteiger partial charge is 0.0654 e. The summed E-state index contributed by atoms with van der Waals surface area (Å²) in [5, 5.41) is 0.829. The lowest BCUT2D eigenvalue weighted by Gasteiger charge is -1.98. The molecule has 0 spiro atoms. The first-order valence-corrected chi connectivity index (χ1v) is 5.33. The van der Waals surface area contributed by atoms with E-state index in [2.05, 4.69) is 6.92 Å². The van der Waals surface area contributed by atoms with Crippen LogP contribution in [0.2, 0.25) is 0 Å². The lowest BCUT2D eigenvalue weighted by molar-refractivity contribution is 0.213. The summed E-state index contributed by atoms with van der Waals surface area (Å²) in [7, 11) is 0. The summed E-state index contributed by atoms with van der Waals surface area (Å²) in [6.45, 7) is 2.66. The van der Waals surface area contributed by atoms with Crippen LogP contribution in [0.5, 0.6) is 0 Å². The Morgan fingerprint density at radius 3 is 2.43 bits per heavy atom. The molecule has 0 N–H and O–H groups in total. The maximum Gasteiger partial charge on any atom is 0.226 e. The van der Waals surface area contributed by atoms with E-state index >= 15 is 0 Å². The summed E-state index contributed by atoms with van der Waals surface area (Å²) in [6, 6.07) is 9.19. The molecule has 0 bridgehead atoms. The molecule has 0 amide bonds. The number of hydrogen-bond donors (Lipinski definition) is 0. The molecular formula is C12H18FN+.